The second-order valence-electron chi connectivity index (χ2n) is 5.38. The largest absolute Gasteiger partial charge is 0.464 e. The summed E-state index contributed by atoms with van der Waals surface area (Å²) in [5.41, 5.74) is 1.50. The fourth-order valence-electron chi connectivity index (χ4n) is 2.40. The Morgan fingerprint density at radius 2 is 1.78 bits per heavy atom. The monoisotopic (exact) mass is 309 g/mol. The first-order chi connectivity index (χ1) is 11.2. The van der Waals surface area contributed by atoms with E-state index in [2.05, 4.69) is 10.3 Å². The standard InChI is InChI=1S/C18H19N3O2/c1-14-12-13-23-18(20-16-10-6-3-7-11-16)21(14)17(22)19-15-8-4-2-5-9-15/h2-11,14H,12-13H2,1H3,(H,19,22). The summed E-state index contributed by atoms with van der Waals surface area (Å²) in [6, 6.07) is 19.0. The minimum atomic E-state index is -0.238. The normalized spacial score (nSPS) is 19.3. The molecule has 2 aromatic rings. The number of carbonyl (C=O) groups is 1. The van der Waals surface area contributed by atoms with Crippen molar-refractivity contribution in [2.45, 2.75) is 19.4 Å². The van der Waals surface area contributed by atoms with Crippen LogP contribution in [0, 0.1) is 0 Å². The molecule has 0 bridgehead atoms. The molecule has 5 nitrogen and oxygen atoms in total. The molecular weight excluding hydrogens is 290 g/mol. The lowest BCUT2D eigenvalue weighted by molar-refractivity contribution is 0.146. The van der Waals surface area contributed by atoms with E-state index in [1.807, 2.05) is 67.6 Å². The van der Waals surface area contributed by atoms with E-state index in [9.17, 15) is 4.79 Å². The second-order valence-corrected chi connectivity index (χ2v) is 5.38. The van der Waals surface area contributed by atoms with Gasteiger partial charge in [0.1, 0.15) is 0 Å². The Labute approximate surface area is 135 Å². The minimum absolute atomic E-state index is 0.0231. The van der Waals surface area contributed by atoms with E-state index < -0.39 is 0 Å². The molecule has 23 heavy (non-hydrogen) atoms. The summed E-state index contributed by atoms with van der Waals surface area (Å²) in [6.07, 6.45) is 0.774. The van der Waals surface area contributed by atoms with Crippen LogP contribution >= 0.6 is 0 Å². The van der Waals surface area contributed by atoms with Gasteiger partial charge in [0.05, 0.1) is 12.3 Å². The molecule has 118 valence electrons. The van der Waals surface area contributed by atoms with Crippen LogP contribution in [0.1, 0.15) is 13.3 Å². The number of anilines is 1. The minimum Gasteiger partial charge on any atom is -0.464 e. The second kappa shape index (κ2) is 6.96. The molecule has 0 saturated carbocycles. The maximum absolute atomic E-state index is 12.6. The number of carbonyl (C=O) groups excluding carboxylic acids is 1. The van der Waals surface area contributed by atoms with Gasteiger partial charge in [0.2, 0.25) is 0 Å². The van der Waals surface area contributed by atoms with E-state index in [0.29, 0.717) is 12.6 Å². The van der Waals surface area contributed by atoms with Crippen molar-refractivity contribution in [1.82, 2.24) is 4.90 Å². The van der Waals surface area contributed by atoms with E-state index in [1.54, 1.807) is 4.90 Å². The van der Waals surface area contributed by atoms with Crippen LogP contribution in [-0.2, 0) is 4.74 Å². The first kappa shape index (κ1) is 15.1. The summed E-state index contributed by atoms with van der Waals surface area (Å²) in [5, 5.41) is 2.88. The third-order valence-corrected chi connectivity index (χ3v) is 3.64. The van der Waals surface area contributed by atoms with E-state index >= 15 is 0 Å². The number of hydrogen-bond acceptors (Lipinski definition) is 3. The van der Waals surface area contributed by atoms with Crippen LogP contribution < -0.4 is 5.32 Å². The average Bonchev–Trinajstić information content (AvgIpc) is 2.57. The van der Waals surface area contributed by atoms with E-state index in [1.165, 1.54) is 0 Å². The molecule has 5 heteroatoms. The molecule has 1 aliphatic heterocycles. The molecule has 1 heterocycles. The predicted octanol–water partition coefficient (Wildman–Crippen LogP) is 4.02. The van der Waals surface area contributed by atoms with Gasteiger partial charge in [0.15, 0.2) is 0 Å². The van der Waals surface area contributed by atoms with Crippen LogP contribution in [0.4, 0.5) is 16.2 Å². The predicted molar refractivity (Wildman–Crippen MR) is 90.9 cm³/mol. The van der Waals surface area contributed by atoms with Crippen molar-refractivity contribution >= 4 is 23.4 Å². The van der Waals surface area contributed by atoms with E-state index in [-0.39, 0.29) is 12.1 Å². The van der Waals surface area contributed by atoms with Gasteiger partial charge in [-0.25, -0.2) is 9.69 Å². The molecule has 0 radical (unpaired) electrons. The lowest BCUT2D eigenvalue weighted by Gasteiger charge is -2.33. The number of aliphatic imine (C=N–C) groups is 1. The summed E-state index contributed by atoms with van der Waals surface area (Å²) in [5.74, 6) is 0. The lowest BCUT2D eigenvalue weighted by atomic mass is 10.2. The number of hydrogen-bond donors (Lipinski definition) is 1. The number of ether oxygens (including phenoxy) is 1. The Hall–Kier alpha value is -2.82. The van der Waals surface area contributed by atoms with E-state index in [4.69, 9.17) is 4.74 Å². The number of benzene rings is 2. The van der Waals surface area contributed by atoms with Gasteiger partial charge in [-0.3, -0.25) is 0 Å². The summed E-state index contributed by atoms with van der Waals surface area (Å²) in [6.45, 7) is 2.55. The molecule has 2 amide bonds. The fraction of sp³-hybridized carbons (Fsp3) is 0.222. The molecular formula is C18H19N3O2. The number of nitrogens with one attached hydrogen (secondary N) is 1. The van der Waals surface area contributed by atoms with Crippen LogP contribution in [0.5, 0.6) is 0 Å². The van der Waals surface area contributed by atoms with Gasteiger partial charge >= 0.3 is 12.1 Å². The molecule has 1 N–H and O–H groups in total. The Morgan fingerprint density at radius 1 is 1.13 bits per heavy atom. The number of amidine groups is 1. The number of rotatable bonds is 2. The van der Waals surface area contributed by atoms with Crippen LogP contribution in [0.15, 0.2) is 65.7 Å². The molecule has 0 aromatic heterocycles. The third kappa shape index (κ3) is 3.69. The number of para-hydroxylation sites is 2. The number of amides is 2. The highest BCUT2D eigenvalue weighted by molar-refractivity contribution is 6.01. The first-order valence-corrected chi connectivity index (χ1v) is 7.66. The van der Waals surface area contributed by atoms with Crippen LogP contribution in [0.2, 0.25) is 0 Å². The number of nitrogens with zero attached hydrogens (tertiary/aromatic N) is 2. The van der Waals surface area contributed by atoms with Gasteiger partial charge in [-0.15, -0.1) is 0 Å². The Bertz CT molecular complexity index is 686. The first-order valence-electron chi connectivity index (χ1n) is 7.66. The van der Waals surface area contributed by atoms with Crippen molar-refractivity contribution < 1.29 is 9.53 Å². The van der Waals surface area contributed by atoms with Gasteiger partial charge in [-0.2, -0.15) is 4.99 Å². The van der Waals surface area contributed by atoms with Crippen molar-refractivity contribution in [2.75, 3.05) is 11.9 Å². The van der Waals surface area contributed by atoms with E-state index in [0.717, 1.165) is 17.8 Å². The summed E-state index contributed by atoms with van der Waals surface area (Å²) in [4.78, 5) is 18.7. The third-order valence-electron chi connectivity index (χ3n) is 3.64. The topological polar surface area (TPSA) is 53.9 Å². The van der Waals surface area contributed by atoms with Gasteiger partial charge in [-0.1, -0.05) is 36.4 Å². The molecule has 1 aliphatic rings. The van der Waals surface area contributed by atoms with Crippen molar-refractivity contribution in [1.29, 1.82) is 0 Å². The highest BCUT2D eigenvalue weighted by Gasteiger charge is 2.30. The molecule has 1 fully saturated rings. The highest BCUT2D eigenvalue weighted by Crippen LogP contribution is 2.19. The van der Waals surface area contributed by atoms with Crippen LogP contribution in [0.25, 0.3) is 0 Å². The smallest absolute Gasteiger partial charge is 0.330 e. The molecule has 2 aromatic carbocycles. The summed E-state index contributed by atoms with van der Waals surface area (Å²) >= 11 is 0. The molecule has 0 aliphatic carbocycles. The average molecular weight is 309 g/mol. The molecule has 0 spiro atoms. The van der Waals surface area contributed by atoms with Gasteiger partial charge in [0, 0.05) is 18.2 Å². The Kier molecular flexibility index (Phi) is 4.57. The van der Waals surface area contributed by atoms with Crippen molar-refractivity contribution in [3.8, 4) is 0 Å². The van der Waals surface area contributed by atoms with Crippen molar-refractivity contribution in [3.63, 3.8) is 0 Å². The zero-order valence-electron chi connectivity index (χ0n) is 13.0. The highest BCUT2D eigenvalue weighted by atomic mass is 16.5. The summed E-state index contributed by atoms with van der Waals surface area (Å²) in [7, 11) is 0. The fourth-order valence-corrected chi connectivity index (χ4v) is 2.40. The molecule has 1 atom stereocenters. The molecule has 3 rings (SSSR count). The van der Waals surface area contributed by atoms with Crippen molar-refractivity contribution in [2.24, 2.45) is 4.99 Å². The lowest BCUT2D eigenvalue weighted by Crippen LogP contribution is -2.50. The maximum atomic E-state index is 12.6. The molecule has 1 unspecified atom stereocenters. The summed E-state index contributed by atoms with van der Waals surface area (Å²) < 4.78 is 5.64. The van der Waals surface area contributed by atoms with Gasteiger partial charge in [0.25, 0.3) is 0 Å². The Morgan fingerprint density at radius 3 is 2.48 bits per heavy atom. The Balaban J connectivity index is 1.83. The van der Waals surface area contributed by atoms with Crippen LogP contribution in [-0.4, -0.2) is 29.6 Å². The number of urea groups is 1. The molecule has 1 saturated heterocycles. The van der Waals surface area contributed by atoms with Gasteiger partial charge in [-0.05, 0) is 31.2 Å². The zero-order chi connectivity index (χ0) is 16.1. The zero-order valence-corrected chi connectivity index (χ0v) is 13.0. The van der Waals surface area contributed by atoms with Crippen molar-refractivity contribution in [3.05, 3.63) is 60.7 Å². The maximum Gasteiger partial charge on any atom is 0.330 e. The van der Waals surface area contributed by atoms with Crippen LogP contribution in [0.3, 0.4) is 0 Å². The van der Waals surface area contributed by atoms with Gasteiger partial charge < -0.3 is 10.1 Å². The SMILES string of the molecule is CC1CCOC(=Nc2ccccc2)N1C(=O)Nc1ccccc1. The quantitative estimate of drug-likeness (QED) is 0.911.